The first-order chi connectivity index (χ1) is 9.67. The van der Waals surface area contributed by atoms with Crippen molar-refractivity contribution in [3.63, 3.8) is 0 Å². The van der Waals surface area contributed by atoms with E-state index in [0.29, 0.717) is 30.8 Å². The van der Waals surface area contributed by atoms with Gasteiger partial charge < -0.3 is 14.6 Å². The van der Waals surface area contributed by atoms with Crippen molar-refractivity contribution in [3.8, 4) is 0 Å². The molecule has 2 N–H and O–H groups in total. The summed E-state index contributed by atoms with van der Waals surface area (Å²) in [5, 5.41) is 13.1. The van der Waals surface area contributed by atoms with Crippen molar-refractivity contribution in [2.75, 3.05) is 19.8 Å². The van der Waals surface area contributed by atoms with Gasteiger partial charge in [-0.2, -0.15) is 5.10 Å². The van der Waals surface area contributed by atoms with Gasteiger partial charge in [-0.3, -0.25) is 14.5 Å². The van der Waals surface area contributed by atoms with E-state index in [-0.39, 0.29) is 29.7 Å². The van der Waals surface area contributed by atoms with Gasteiger partial charge in [0.05, 0.1) is 32.6 Å². The van der Waals surface area contributed by atoms with E-state index in [1.807, 2.05) is 0 Å². The number of hydrogen-bond donors (Lipinski definition) is 2. The number of aliphatic hydroxyl groups excluding tert-OH is 1. The summed E-state index contributed by atoms with van der Waals surface area (Å²) in [6, 6.07) is 0. The number of rotatable bonds is 3. The summed E-state index contributed by atoms with van der Waals surface area (Å²) in [7, 11) is 0. The van der Waals surface area contributed by atoms with Crippen molar-refractivity contribution >= 4 is 22.6 Å². The van der Waals surface area contributed by atoms with Crippen molar-refractivity contribution in [3.05, 3.63) is 21.8 Å². The van der Waals surface area contributed by atoms with Crippen LogP contribution in [0.2, 0.25) is 5.28 Å². The lowest BCUT2D eigenvalue weighted by molar-refractivity contribution is -0.148. The molecule has 2 aromatic heterocycles. The van der Waals surface area contributed by atoms with Crippen molar-refractivity contribution in [2.24, 2.45) is 0 Å². The molecule has 0 aromatic carbocycles. The minimum absolute atomic E-state index is 0.0325. The van der Waals surface area contributed by atoms with Crippen LogP contribution in [-0.4, -0.2) is 56.9 Å². The summed E-state index contributed by atoms with van der Waals surface area (Å²) in [5.41, 5.74) is 0.438. The van der Waals surface area contributed by atoms with Gasteiger partial charge in [-0.05, 0) is 11.6 Å². The van der Waals surface area contributed by atoms with Crippen LogP contribution in [0, 0.1) is 0 Å². The predicted octanol–water partition coefficient (Wildman–Crippen LogP) is -0.451. The van der Waals surface area contributed by atoms with E-state index in [1.54, 1.807) is 0 Å². The lowest BCUT2D eigenvalue weighted by Crippen LogP contribution is -2.40. The average molecular weight is 301 g/mol. The molecule has 0 aliphatic carbocycles. The topological polar surface area (TPSA) is 102 Å². The third kappa shape index (κ3) is 2.55. The SMILES string of the molecule is O=c1[nH]c(Cl)nc2cnn(C[C@@H]3CO[C@@H](CO)CO3)c12. The van der Waals surface area contributed by atoms with Crippen molar-refractivity contribution < 1.29 is 14.6 Å². The van der Waals surface area contributed by atoms with E-state index in [1.165, 1.54) is 10.9 Å². The molecule has 3 heterocycles. The minimum Gasteiger partial charge on any atom is -0.394 e. The van der Waals surface area contributed by atoms with Crippen LogP contribution >= 0.6 is 11.6 Å². The molecule has 8 nitrogen and oxygen atoms in total. The number of ether oxygens (including phenoxy) is 2. The fraction of sp³-hybridized carbons (Fsp3) is 0.545. The van der Waals surface area contributed by atoms with Gasteiger partial charge in [-0.1, -0.05) is 0 Å². The summed E-state index contributed by atoms with van der Waals surface area (Å²) in [5.74, 6) is 0. The third-order valence-electron chi connectivity index (χ3n) is 3.09. The van der Waals surface area contributed by atoms with Crippen LogP contribution < -0.4 is 5.56 Å². The normalized spacial score (nSPS) is 23.3. The highest BCUT2D eigenvalue weighted by Crippen LogP contribution is 2.13. The molecule has 3 rings (SSSR count). The summed E-state index contributed by atoms with van der Waals surface area (Å²) >= 11 is 5.69. The minimum atomic E-state index is -0.345. The van der Waals surface area contributed by atoms with Crippen molar-refractivity contribution in [2.45, 2.75) is 18.8 Å². The third-order valence-corrected chi connectivity index (χ3v) is 3.27. The number of hydrogen-bond acceptors (Lipinski definition) is 6. The lowest BCUT2D eigenvalue weighted by atomic mass is 10.3. The first-order valence-electron chi connectivity index (χ1n) is 6.13. The highest BCUT2D eigenvalue weighted by Gasteiger charge is 2.23. The van der Waals surface area contributed by atoms with E-state index in [0.717, 1.165) is 0 Å². The number of halogens is 1. The van der Waals surface area contributed by atoms with E-state index >= 15 is 0 Å². The molecule has 20 heavy (non-hydrogen) atoms. The maximum absolute atomic E-state index is 11.9. The Morgan fingerprint density at radius 3 is 2.90 bits per heavy atom. The zero-order valence-electron chi connectivity index (χ0n) is 10.5. The number of H-pyrrole nitrogens is 1. The van der Waals surface area contributed by atoms with Crippen molar-refractivity contribution in [1.29, 1.82) is 0 Å². The quantitative estimate of drug-likeness (QED) is 0.744. The van der Waals surface area contributed by atoms with Gasteiger partial charge in [0.2, 0.25) is 5.28 Å². The molecule has 1 aliphatic rings. The zero-order chi connectivity index (χ0) is 14.1. The molecule has 0 amide bonds. The van der Waals surface area contributed by atoms with Gasteiger partial charge in [0, 0.05) is 0 Å². The highest BCUT2D eigenvalue weighted by molar-refractivity contribution is 6.28. The molecule has 1 fully saturated rings. The summed E-state index contributed by atoms with van der Waals surface area (Å²) in [6.07, 6.45) is 0.969. The number of fused-ring (bicyclic) bond motifs is 1. The molecular weight excluding hydrogens is 288 g/mol. The Bertz CT molecular complexity index is 662. The maximum Gasteiger partial charge on any atom is 0.278 e. The van der Waals surface area contributed by atoms with Gasteiger partial charge in [0.25, 0.3) is 5.56 Å². The predicted molar refractivity (Wildman–Crippen MR) is 69.7 cm³/mol. The van der Waals surface area contributed by atoms with Crippen LogP contribution in [-0.2, 0) is 16.0 Å². The molecule has 9 heteroatoms. The summed E-state index contributed by atoms with van der Waals surface area (Å²) < 4.78 is 12.5. The van der Waals surface area contributed by atoms with E-state index in [4.69, 9.17) is 26.2 Å². The second-order valence-corrected chi connectivity index (χ2v) is 4.87. The van der Waals surface area contributed by atoms with Crippen LogP contribution in [0.15, 0.2) is 11.0 Å². The largest absolute Gasteiger partial charge is 0.394 e. The number of aromatic nitrogens is 4. The Morgan fingerprint density at radius 1 is 1.45 bits per heavy atom. The van der Waals surface area contributed by atoms with Crippen LogP contribution in [0.25, 0.3) is 11.0 Å². The standard InChI is InChI=1S/C11H13ClN4O4/c12-11-14-8-1-13-16(9(8)10(18)15-11)2-6-4-20-7(3-17)5-19-6/h1,6-7,17H,2-5H2,(H,14,15,18)/t6-,7+/m1/s1. The van der Waals surface area contributed by atoms with Gasteiger partial charge in [-0.15, -0.1) is 0 Å². The molecule has 1 saturated heterocycles. The van der Waals surface area contributed by atoms with E-state index in [2.05, 4.69) is 15.1 Å². The van der Waals surface area contributed by atoms with Gasteiger partial charge in [-0.25, -0.2) is 4.98 Å². The Hall–Kier alpha value is -1.48. The fourth-order valence-electron chi connectivity index (χ4n) is 2.10. The second kappa shape index (κ2) is 5.49. The first-order valence-corrected chi connectivity index (χ1v) is 6.50. The molecule has 2 aromatic rings. The molecule has 0 unspecified atom stereocenters. The second-order valence-electron chi connectivity index (χ2n) is 4.51. The Balaban J connectivity index is 1.80. The number of nitrogens with one attached hydrogen (secondary N) is 1. The Morgan fingerprint density at radius 2 is 2.20 bits per heavy atom. The average Bonchev–Trinajstić information content (AvgIpc) is 2.82. The summed E-state index contributed by atoms with van der Waals surface area (Å²) in [6.45, 7) is 0.958. The van der Waals surface area contributed by atoms with E-state index < -0.39 is 0 Å². The molecule has 2 atom stereocenters. The monoisotopic (exact) mass is 300 g/mol. The Kier molecular flexibility index (Phi) is 3.70. The van der Waals surface area contributed by atoms with Crippen molar-refractivity contribution in [1.82, 2.24) is 19.7 Å². The zero-order valence-corrected chi connectivity index (χ0v) is 11.2. The van der Waals surface area contributed by atoms with Gasteiger partial charge in [0.15, 0.2) is 5.52 Å². The van der Waals surface area contributed by atoms with Gasteiger partial charge in [0.1, 0.15) is 17.7 Å². The number of nitrogens with zero attached hydrogens (tertiary/aromatic N) is 3. The maximum atomic E-state index is 11.9. The Labute approximate surface area is 118 Å². The van der Waals surface area contributed by atoms with Crippen LogP contribution in [0.3, 0.4) is 0 Å². The fourth-order valence-corrected chi connectivity index (χ4v) is 2.28. The molecule has 0 spiro atoms. The molecular formula is C11H13ClN4O4. The molecule has 0 saturated carbocycles. The first kappa shape index (κ1) is 13.5. The number of aliphatic hydroxyl groups is 1. The van der Waals surface area contributed by atoms with Crippen LogP contribution in [0.1, 0.15) is 0 Å². The van der Waals surface area contributed by atoms with Crippen LogP contribution in [0.4, 0.5) is 0 Å². The molecule has 1 aliphatic heterocycles. The van der Waals surface area contributed by atoms with Crippen LogP contribution in [0.5, 0.6) is 0 Å². The smallest absolute Gasteiger partial charge is 0.278 e. The summed E-state index contributed by atoms with van der Waals surface area (Å²) in [4.78, 5) is 18.3. The molecule has 108 valence electrons. The van der Waals surface area contributed by atoms with Gasteiger partial charge >= 0.3 is 0 Å². The molecule has 0 bridgehead atoms. The highest BCUT2D eigenvalue weighted by atomic mass is 35.5. The lowest BCUT2D eigenvalue weighted by Gasteiger charge is -2.28. The number of aromatic amines is 1. The molecule has 0 radical (unpaired) electrons. The van der Waals surface area contributed by atoms with E-state index in [9.17, 15) is 4.79 Å².